The molecule has 9 heteroatoms. The molecular formula is C20H30F3NO5. The van der Waals surface area contributed by atoms with Crippen LogP contribution in [0.4, 0.5) is 13.2 Å². The van der Waals surface area contributed by atoms with Gasteiger partial charge in [0, 0.05) is 7.11 Å². The van der Waals surface area contributed by atoms with Crippen molar-refractivity contribution in [2.75, 3.05) is 26.9 Å². The minimum absolute atomic E-state index is 0.00458. The maximum absolute atomic E-state index is 13.3. The summed E-state index contributed by atoms with van der Waals surface area (Å²) in [5.74, 6) is 1.15. The Labute approximate surface area is 168 Å². The van der Waals surface area contributed by atoms with Crippen molar-refractivity contribution in [2.24, 2.45) is 11.8 Å². The highest BCUT2D eigenvalue weighted by molar-refractivity contribution is 5.12. The molecule has 29 heavy (non-hydrogen) atoms. The van der Waals surface area contributed by atoms with Crippen molar-refractivity contribution in [1.29, 1.82) is 0 Å². The van der Waals surface area contributed by atoms with E-state index in [0.717, 1.165) is 0 Å². The van der Waals surface area contributed by atoms with E-state index < -0.39 is 18.3 Å². The van der Waals surface area contributed by atoms with Crippen molar-refractivity contribution in [1.82, 2.24) is 5.32 Å². The predicted molar refractivity (Wildman–Crippen MR) is 95.5 cm³/mol. The standard InChI is InChI=1S/C20H30F3NO5/c1-25-6-7-26-9-12-13(4-5-14(24-12)20(21,22)23)27-19-17-15(28-17)10-2-3-11(8-10)16-18(19)29-16/h10-19,24H,2-9H2,1H3. The Morgan fingerprint density at radius 3 is 2.24 bits per heavy atom. The lowest BCUT2D eigenvalue weighted by atomic mass is 9.89. The van der Waals surface area contributed by atoms with E-state index in [2.05, 4.69) is 5.32 Å². The molecule has 2 aliphatic carbocycles. The Hall–Kier alpha value is -0.450. The second kappa shape index (κ2) is 7.91. The van der Waals surface area contributed by atoms with E-state index in [1.54, 1.807) is 7.11 Å². The average Bonchev–Trinajstić information content (AvgIpc) is 3.60. The summed E-state index contributed by atoms with van der Waals surface area (Å²) in [6.07, 6.45) is -0.451. The van der Waals surface area contributed by atoms with Crippen molar-refractivity contribution >= 4 is 0 Å². The van der Waals surface area contributed by atoms with Gasteiger partial charge in [-0.05, 0) is 43.9 Å². The minimum atomic E-state index is -4.27. The summed E-state index contributed by atoms with van der Waals surface area (Å²) < 4.78 is 68.7. The first-order valence-corrected chi connectivity index (χ1v) is 10.8. The number of hydrogen-bond donors (Lipinski definition) is 1. The van der Waals surface area contributed by atoms with Crippen LogP contribution >= 0.6 is 0 Å². The van der Waals surface area contributed by atoms with E-state index in [1.807, 2.05) is 0 Å². The Bertz CT molecular complexity index is 569. The smallest absolute Gasteiger partial charge is 0.382 e. The van der Waals surface area contributed by atoms with Gasteiger partial charge in [0.05, 0.1) is 44.2 Å². The van der Waals surface area contributed by atoms with Gasteiger partial charge < -0.3 is 23.7 Å². The van der Waals surface area contributed by atoms with Gasteiger partial charge in [0.25, 0.3) is 0 Å². The first-order valence-electron chi connectivity index (χ1n) is 10.8. The fourth-order valence-electron chi connectivity index (χ4n) is 5.66. The quantitative estimate of drug-likeness (QED) is 0.502. The van der Waals surface area contributed by atoms with Crippen LogP contribution in [0.15, 0.2) is 0 Å². The van der Waals surface area contributed by atoms with Crippen LogP contribution in [-0.4, -0.2) is 81.8 Å². The third-order valence-electron chi connectivity index (χ3n) is 7.27. The van der Waals surface area contributed by atoms with Gasteiger partial charge in [-0.25, -0.2) is 0 Å². The Kier molecular flexibility index (Phi) is 5.58. The third kappa shape index (κ3) is 4.19. The zero-order valence-electron chi connectivity index (χ0n) is 16.6. The van der Waals surface area contributed by atoms with Crippen LogP contribution in [0.1, 0.15) is 32.1 Å². The van der Waals surface area contributed by atoms with E-state index in [1.165, 1.54) is 19.3 Å². The number of methoxy groups -OCH3 is 1. The molecular weight excluding hydrogens is 391 g/mol. The number of rotatable bonds is 7. The van der Waals surface area contributed by atoms with Gasteiger partial charge in [0.1, 0.15) is 24.4 Å². The molecule has 3 aliphatic heterocycles. The average molecular weight is 421 g/mol. The summed E-state index contributed by atoms with van der Waals surface area (Å²) >= 11 is 0. The first-order chi connectivity index (χ1) is 14.0. The molecule has 5 fully saturated rings. The number of fused-ring (bicyclic) bond motifs is 6. The second-order valence-electron chi connectivity index (χ2n) is 9.12. The van der Waals surface area contributed by atoms with Crippen LogP contribution in [0.5, 0.6) is 0 Å². The number of nitrogens with one attached hydrogen (secondary N) is 1. The third-order valence-corrected chi connectivity index (χ3v) is 7.27. The molecule has 3 saturated heterocycles. The van der Waals surface area contributed by atoms with Crippen LogP contribution in [-0.2, 0) is 23.7 Å². The minimum Gasteiger partial charge on any atom is -0.382 e. The molecule has 5 rings (SSSR count). The molecule has 0 radical (unpaired) electrons. The van der Waals surface area contributed by atoms with E-state index in [-0.39, 0.29) is 49.7 Å². The first kappa shape index (κ1) is 20.5. The summed E-state index contributed by atoms with van der Waals surface area (Å²) in [5.41, 5.74) is 0. The largest absolute Gasteiger partial charge is 0.403 e. The SMILES string of the molecule is COCCOCC1NC(C(F)(F)F)CCC1OC1C2OC2C2CCC(C2)C2OC21. The Balaban J connectivity index is 1.25. The summed E-state index contributed by atoms with van der Waals surface area (Å²) in [6, 6.07) is -2.05. The number of hydrogen-bond acceptors (Lipinski definition) is 6. The summed E-state index contributed by atoms with van der Waals surface area (Å²) in [7, 11) is 1.56. The molecule has 9 atom stereocenters. The van der Waals surface area contributed by atoms with Gasteiger partial charge in [-0.2, -0.15) is 13.2 Å². The van der Waals surface area contributed by atoms with Gasteiger partial charge >= 0.3 is 6.18 Å². The molecule has 1 N–H and O–H groups in total. The normalized spacial score (nSPS) is 48.4. The van der Waals surface area contributed by atoms with Crippen LogP contribution in [0.3, 0.4) is 0 Å². The predicted octanol–water partition coefficient (Wildman–Crippen LogP) is 2.05. The van der Waals surface area contributed by atoms with Crippen molar-refractivity contribution in [3.8, 4) is 0 Å². The lowest BCUT2D eigenvalue weighted by Crippen LogP contribution is -2.59. The molecule has 5 aliphatic rings. The molecule has 0 aromatic rings. The number of epoxide rings is 2. The molecule has 0 aromatic heterocycles. The van der Waals surface area contributed by atoms with Crippen molar-refractivity contribution in [2.45, 2.75) is 87.0 Å². The maximum atomic E-state index is 13.3. The molecule has 9 unspecified atom stereocenters. The van der Waals surface area contributed by atoms with Crippen molar-refractivity contribution in [3.05, 3.63) is 0 Å². The topological polar surface area (TPSA) is 64.8 Å². The van der Waals surface area contributed by atoms with Gasteiger partial charge in [-0.1, -0.05) is 0 Å². The van der Waals surface area contributed by atoms with Gasteiger partial charge in [0.2, 0.25) is 0 Å². The molecule has 0 amide bonds. The number of piperidine rings is 1. The molecule has 3 heterocycles. The molecule has 0 aromatic carbocycles. The molecule has 166 valence electrons. The monoisotopic (exact) mass is 421 g/mol. The van der Waals surface area contributed by atoms with E-state index >= 15 is 0 Å². The van der Waals surface area contributed by atoms with Crippen LogP contribution in [0.2, 0.25) is 0 Å². The number of ether oxygens (including phenoxy) is 5. The van der Waals surface area contributed by atoms with Gasteiger partial charge in [-0.3, -0.25) is 5.32 Å². The maximum Gasteiger partial charge on any atom is 0.403 e. The Morgan fingerprint density at radius 1 is 0.931 bits per heavy atom. The summed E-state index contributed by atoms with van der Waals surface area (Å²) in [6.45, 7) is 0.899. The van der Waals surface area contributed by atoms with E-state index in [0.29, 0.717) is 31.5 Å². The molecule has 2 saturated carbocycles. The van der Waals surface area contributed by atoms with Gasteiger partial charge in [0.15, 0.2) is 0 Å². The fourth-order valence-corrected chi connectivity index (χ4v) is 5.66. The van der Waals surface area contributed by atoms with Gasteiger partial charge in [-0.15, -0.1) is 0 Å². The number of halogens is 3. The van der Waals surface area contributed by atoms with Crippen LogP contribution in [0.25, 0.3) is 0 Å². The lowest BCUT2D eigenvalue weighted by molar-refractivity contribution is -0.178. The highest BCUT2D eigenvalue weighted by Gasteiger charge is 2.65. The van der Waals surface area contributed by atoms with E-state index in [4.69, 9.17) is 23.7 Å². The lowest BCUT2D eigenvalue weighted by Gasteiger charge is -2.39. The summed E-state index contributed by atoms with van der Waals surface area (Å²) in [5, 5.41) is 2.73. The van der Waals surface area contributed by atoms with Crippen molar-refractivity contribution in [3.63, 3.8) is 0 Å². The Morgan fingerprint density at radius 2 is 1.62 bits per heavy atom. The van der Waals surface area contributed by atoms with E-state index in [9.17, 15) is 13.2 Å². The van der Waals surface area contributed by atoms with Crippen molar-refractivity contribution < 1.29 is 36.9 Å². The molecule has 2 bridgehead atoms. The summed E-state index contributed by atoms with van der Waals surface area (Å²) in [4.78, 5) is 0. The zero-order valence-corrected chi connectivity index (χ0v) is 16.6. The highest BCUT2D eigenvalue weighted by atomic mass is 19.4. The highest BCUT2D eigenvalue weighted by Crippen LogP contribution is 2.54. The second-order valence-corrected chi connectivity index (χ2v) is 9.12. The molecule has 0 spiro atoms. The zero-order chi connectivity index (χ0) is 20.2. The van der Waals surface area contributed by atoms with Crippen LogP contribution in [0, 0.1) is 11.8 Å². The fraction of sp³-hybridized carbons (Fsp3) is 1.00. The molecule has 6 nitrogen and oxygen atoms in total. The number of alkyl halides is 3. The van der Waals surface area contributed by atoms with Crippen LogP contribution < -0.4 is 5.32 Å².